The molecule has 25 heavy (non-hydrogen) atoms. The Labute approximate surface area is 154 Å². The summed E-state index contributed by atoms with van der Waals surface area (Å²) in [6.45, 7) is 10.8. The van der Waals surface area contributed by atoms with Crippen molar-refractivity contribution < 1.29 is 0 Å². The number of rotatable bonds is 6. The summed E-state index contributed by atoms with van der Waals surface area (Å²) in [7, 11) is 0. The van der Waals surface area contributed by atoms with Gasteiger partial charge in [0.1, 0.15) is 0 Å². The van der Waals surface area contributed by atoms with Gasteiger partial charge in [0.25, 0.3) is 0 Å². The fourth-order valence-electron chi connectivity index (χ4n) is 4.33. The summed E-state index contributed by atoms with van der Waals surface area (Å²) in [5.41, 5.74) is 4.18. The molecular weight excluding hydrogens is 302 g/mol. The average Bonchev–Trinajstić information content (AvgIpc) is 2.67. The summed E-state index contributed by atoms with van der Waals surface area (Å²) in [6.07, 6.45) is 4.01. The van der Waals surface area contributed by atoms with E-state index < -0.39 is 0 Å². The molecule has 1 heterocycles. The minimum absolute atomic E-state index is 0.712. The minimum atomic E-state index is 0.712. The second kappa shape index (κ2) is 8.67. The van der Waals surface area contributed by atoms with Gasteiger partial charge in [-0.15, -0.1) is 0 Å². The van der Waals surface area contributed by atoms with Crippen LogP contribution in [0.2, 0.25) is 0 Å². The van der Waals surface area contributed by atoms with Crippen molar-refractivity contribution >= 4 is 0 Å². The Morgan fingerprint density at radius 2 is 1.48 bits per heavy atom. The lowest BCUT2D eigenvalue weighted by Gasteiger charge is -2.36. The van der Waals surface area contributed by atoms with Crippen molar-refractivity contribution in [2.24, 2.45) is 11.8 Å². The number of nitrogens with zero attached hydrogens (tertiary/aromatic N) is 1. The third kappa shape index (κ3) is 4.73. The molecule has 0 N–H and O–H groups in total. The maximum absolute atomic E-state index is 2.60. The van der Waals surface area contributed by atoms with Crippen molar-refractivity contribution in [1.29, 1.82) is 0 Å². The number of likely N-dealkylation sites (tertiary alicyclic amines) is 1. The van der Waals surface area contributed by atoms with E-state index in [4.69, 9.17) is 0 Å². The van der Waals surface area contributed by atoms with Crippen LogP contribution in [0, 0.1) is 11.8 Å². The van der Waals surface area contributed by atoms with E-state index in [1.165, 1.54) is 50.0 Å². The van der Waals surface area contributed by atoms with Gasteiger partial charge in [0.05, 0.1) is 0 Å². The van der Waals surface area contributed by atoms with Gasteiger partial charge in [-0.1, -0.05) is 75.4 Å². The van der Waals surface area contributed by atoms with Crippen LogP contribution < -0.4 is 0 Å². The molecule has 0 spiro atoms. The highest BCUT2D eigenvalue weighted by Gasteiger charge is 2.27. The van der Waals surface area contributed by atoms with Crippen molar-refractivity contribution in [3.8, 4) is 11.1 Å². The molecule has 0 aliphatic carbocycles. The molecule has 1 heteroatoms. The van der Waals surface area contributed by atoms with Crippen molar-refractivity contribution in [2.45, 2.75) is 46.0 Å². The van der Waals surface area contributed by atoms with Crippen LogP contribution in [-0.4, -0.2) is 24.5 Å². The first-order valence-electron chi connectivity index (χ1n) is 10.0. The lowest BCUT2D eigenvalue weighted by atomic mass is 9.76. The first kappa shape index (κ1) is 18.2. The molecule has 1 aliphatic heterocycles. The van der Waals surface area contributed by atoms with E-state index in [1.807, 2.05) is 0 Å². The number of hydrogen-bond acceptors (Lipinski definition) is 1. The fraction of sp³-hybridized carbons (Fsp3) is 0.500. The van der Waals surface area contributed by atoms with E-state index in [2.05, 4.69) is 80.3 Å². The Balaban J connectivity index is 1.77. The molecule has 1 aliphatic rings. The molecule has 1 nitrogen and oxygen atoms in total. The highest BCUT2D eigenvalue weighted by atomic mass is 15.1. The van der Waals surface area contributed by atoms with E-state index in [1.54, 1.807) is 5.56 Å². The Kier molecular flexibility index (Phi) is 6.31. The predicted molar refractivity (Wildman–Crippen MR) is 109 cm³/mol. The molecule has 0 saturated carbocycles. The summed E-state index contributed by atoms with van der Waals surface area (Å²) < 4.78 is 0. The second-order valence-electron chi connectivity index (χ2n) is 8.00. The fourth-order valence-corrected chi connectivity index (χ4v) is 4.33. The van der Waals surface area contributed by atoms with Crippen LogP contribution in [0.3, 0.4) is 0 Å². The molecule has 0 bridgehead atoms. The van der Waals surface area contributed by atoms with E-state index in [-0.39, 0.29) is 0 Å². The zero-order chi connectivity index (χ0) is 17.6. The summed E-state index contributed by atoms with van der Waals surface area (Å²) in [4.78, 5) is 2.60. The predicted octanol–water partition coefficient (Wildman–Crippen LogP) is 6.22. The molecule has 3 rings (SSSR count). The maximum Gasteiger partial charge on any atom is -0.00160 e. The molecule has 0 radical (unpaired) electrons. The van der Waals surface area contributed by atoms with E-state index in [9.17, 15) is 0 Å². The monoisotopic (exact) mass is 335 g/mol. The number of benzene rings is 2. The van der Waals surface area contributed by atoms with Crippen molar-refractivity contribution in [3.05, 3.63) is 60.2 Å². The summed E-state index contributed by atoms with van der Waals surface area (Å²) >= 11 is 0. The molecule has 1 unspecified atom stereocenters. The SMILES string of the molecule is CCN1CCC(C(CC(C)C)c2ccc(-c3ccccc3)cc2)CC1. The topological polar surface area (TPSA) is 3.24 Å². The number of hydrogen-bond donors (Lipinski definition) is 0. The molecule has 0 amide bonds. The smallest absolute Gasteiger partial charge is 0.00160 e. The van der Waals surface area contributed by atoms with Crippen LogP contribution in [0.4, 0.5) is 0 Å². The third-order valence-electron chi connectivity index (χ3n) is 5.82. The van der Waals surface area contributed by atoms with Gasteiger partial charge in [-0.25, -0.2) is 0 Å². The van der Waals surface area contributed by atoms with Crippen molar-refractivity contribution in [1.82, 2.24) is 4.90 Å². The standard InChI is InChI=1S/C24H33N/c1-4-25-16-14-23(15-17-25)24(18-19(2)3)22-12-10-21(11-13-22)20-8-6-5-7-9-20/h5-13,19,23-24H,4,14-18H2,1-3H3. The van der Waals surface area contributed by atoms with E-state index in [0.717, 1.165) is 11.8 Å². The summed E-state index contributed by atoms with van der Waals surface area (Å²) in [6, 6.07) is 20.1. The molecule has 2 aromatic rings. The first-order chi connectivity index (χ1) is 12.2. The van der Waals surface area contributed by atoms with Crippen LogP contribution in [-0.2, 0) is 0 Å². The van der Waals surface area contributed by atoms with Crippen LogP contribution in [0.5, 0.6) is 0 Å². The zero-order valence-corrected chi connectivity index (χ0v) is 16.1. The second-order valence-corrected chi connectivity index (χ2v) is 8.00. The Bertz CT molecular complexity index is 621. The minimum Gasteiger partial charge on any atom is -0.304 e. The van der Waals surface area contributed by atoms with Crippen molar-refractivity contribution in [3.63, 3.8) is 0 Å². The van der Waals surface area contributed by atoms with E-state index in [0.29, 0.717) is 5.92 Å². The van der Waals surface area contributed by atoms with Gasteiger partial charge >= 0.3 is 0 Å². The molecule has 1 saturated heterocycles. The summed E-state index contributed by atoms with van der Waals surface area (Å²) in [5, 5.41) is 0. The van der Waals surface area contributed by atoms with Crippen LogP contribution in [0.25, 0.3) is 11.1 Å². The molecule has 134 valence electrons. The lowest BCUT2D eigenvalue weighted by molar-refractivity contribution is 0.167. The highest BCUT2D eigenvalue weighted by Crippen LogP contribution is 2.38. The Morgan fingerprint density at radius 1 is 0.880 bits per heavy atom. The van der Waals surface area contributed by atoms with Gasteiger partial charge in [-0.3, -0.25) is 0 Å². The normalized spacial score (nSPS) is 17.8. The quantitative estimate of drug-likeness (QED) is 0.606. The van der Waals surface area contributed by atoms with Gasteiger partial charge in [-0.2, -0.15) is 0 Å². The van der Waals surface area contributed by atoms with Gasteiger partial charge < -0.3 is 4.90 Å². The molecule has 2 aromatic carbocycles. The molecule has 1 fully saturated rings. The third-order valence-corrected chi connectivity index (χ3v) is 5.82. The largest absolute Gasteiger partial charge is 0.304 e. The zero-order valence-electron chi connectivity index (χ0n) is 16.1. The molecule has 1 atom stereocenters. The van der Waals surface area contributed by atoms with Gasteiger partial charge in [-0.05, 0) is 73.3 Å². The molecular formula is C24H33N. The average molecular weight is 336 g/mol. The molecule has 0 aromatic heterocycles. The highest BCUT2D eigenvalue weighted by molar-refractivity contribution is 5.63. The van der Waals surface area contributed by atoms with E-state index >= 15 is 0 Å². The van der Waals surface area contributed by atoms with Crippen LogP contribution in [0.15, 0.2) is 54.6 Å². The lowest BCUT2D eigenvalue weighted by Crippen LogP contribution is -2.35. The first-order valence-corrected chi connectivity index (χ1v) is 10.0. The number of piperidine rings is 1. The van der Waals surface area contributed by atoms with Crippen molar-refractivity contribution in [2.75, 3.05) is 19.6 Å². The van der Waals surface area contributed by atoms with Gasteiger partial charge in [0.2, 0.25) is 0 Å². The summed E-state index contributed by atoms with van der Waals surface area (Å²) in [5.74, 6) is 2.31. The maximum atomic E-state index is 2.60. The Morgan fingerprint density at radius 3 is 2.04 bits per heavy atom. The van der Waals surface area contributed by atoms with Gasteiger partial charge in [0.15, 0.2) is 0 Å². The van der Waals surface area contributed by atoms with Crippen LogP contribution >= 0.6 is 0 Å². The van der Waals surface area contributed by atoms with Crippen LogP contribution in [0.1, 0.15) is 51.5 Å². The Hall–Kier alpha value is -1.60. The van der Waals surface area contributed by atoms with Gasteiger partial charge in [0, 0.05) is 0 Å².